The van der Waals surface area contributed by atoms with Crippen LogP contribution in [0.15, 0.2) is 73.1 Å². The number of anilines is 2. The third-order valence-corrected chi connectivity index (χ3v) is 4.34. The Bertz CT molecular complexity index is 1120. The van der Waals surface area contributed by atoms with Gasteiger partial charge in [0.25, 0.3) is 5.91 Å². The van der Waals surface area contributed by atoms with Crippen molar-refractivity contribution >= 4 is 28.4 Å². The zero-order valence-corrected chi connectivity index (χ0v) is 15.4. The number of benzene rings is 2. The van der Waals surface area contributed by atoms with E-state index in [-0.39, 0.29) is 5.91 Å². The molecule has 0 aliphatic rings. The summed E-state index contributed by atoms with van der Waals surface area (Å²) in [6.07, 6.45) is 3.30. The lowest BCUT2D eigenvalue weighted by Crippen LogP contribution is -2.24. The third-order valence-electron chi connectivity index (χ3n) is 4.34. The van der Waals surface area contributed by atoms with Gasteiger partial charge in [-0.25, -0.2) is 9.97 Å². The first kappa shape index (κ1) is 17.6. The first-order chi connectivity index (χ1) is 13.7. The second kappa shape index (κ2) is 7.84. The molecule has 138 valence electrons. The summed E-state index contributed by atoms with van der Waals surface area (Å²) in [5.74, 6) is 0.100. The smallest absolute Gasteiger partial charge is 0.270 e. The molecule has 28 heavy (non-hydrogen) atoms. The van der Waals surface area contributed by atoms with Crippen molar-refractivity contribution in [3.8, 4) is 0 Å². The van der Waals surface area contributed by atoms with Crippen LogP contribution in [0.1, 0.15) is 21.6 Å². The van der Waals surface area contributed by atoms with E-state index in [4.69, 9.17) is 0 Å². The van der Waals surface area contributed by atoms with Gasteiger partial charge in [-0.15, -0.1) is 0 Å². The van der Waals surface area contributed by atoms with Crippen molar-refractivity contribution in [2.45, 2.75) is 13.5 Å². The largest absolute Gasteiger partial charge is 0.347 e. The summed E-state index contributed by atoms with van der Waals surface area (Å²) in [6.45, 7) is 2.47. The lowest BCUT2D eigenvalue weighted by Gasteiger charge is -2.09. The van der Waals surface area contributed by atoms with E-state index in [1.54, 1.807) is 18.5 Å². The highest BCUT2D eigenvalue weighted by molar-refractivity contribution is 5.93. The van der Waals surface area contributed by atoms with E-state index in [0.29, 0.717) is 18.2 Å². The number of nitrogens with one attached hydrogen (secondary N) is 2. The number of hydrogen-bond donors (Lipinski definition) is 2. The third kappa shape index (κ3) is 3.96. The predicted molar refractivity (Wildman–Crippen MR) is 109 cm³/mol. The number of aromatic nitrogens is 3. The Balaban J connectivity index is 1.49. The molecule has 0 saturated heterocycles. The maximum absolute atomic E-state index is 12.5. The highest BCUT2D eigenvalue weighted by Gasteiger charge is 2.10. The molecule has 0 unspecified atom stereocenters. The number of para-hydroxylation sites is 1. The van der Waals surface area contributed by atoms with Crippen LogP contribution in [0.2, 0.25) is 0 Å². The van der Waals surface area contributed by atoms with E-state index in [1.165, 1.54) is 5.56 Å². The lowest BCUT2D eigenvalue weighted by atomic mass is 10.1. The highest BCUT2D eigenvalue weighted by Crippen LogP contribution is 2.22. The van der Waals surface area contributed by atoms with Crippen LogP contribution >= 0.6 is 0 Å². The summed E-state index contributed by atoms with van der Waals surface area (Å²) in [5, 5.41) is 7.06. The number of rotatable bonds is 5. The Labute approximate surface area is 162 Å². The summed E-state index contributed by atoms with van der Waals surface area (Å²) in [6, 6.07) is 19.3. The zero-order valence-electron chi connectivity index (χ0n) is 15.4. The fraction of sp³-hybridized carbons (Fsp3) is 0.0909. The topological polar surface area (TPSA) is 79.8 Å². The summed E-state index contributed by atoms with van der Waals surface area (Å²) in [5.41, 5.74) is 4.13. The van der Waals surface area contributed by atoms with Crippen molar-refractivity contribution in [2.75, 3.05) is 5.32 Å². The molecule has 2 N–H and O–H groups in total. The van der Waals surface area contributed by atoms with Gasteiger partial charge in [0.2, 0.25) is 5.95 Å². The van der Waals surface area contributed by atoms with Gasteiger partial charge in [-0.05, 0) is 30.7 Å². The molecule has 0 atom stereocenters. The molecule has 0 radical (unpaired) electrons. The standard InChI is InChI=1S/C22H19N5O/c1-15-7-9-16(10-8-15)14-25-21(28)19-11-13-24-22(27-19)26-18-6-2-4-17-5-3-12-23-20(17)18/h2-13H,14H2,1H3,(H,25,28)(H,24,26,27). The minimum atomic E-state index is -0.248. The van der Waals surface area contributed by atoms with Gasteiger partial charge in [0, 0.05) is 24.3 Å². The van der Waals surface area contributed by atoms with Crippen LogP contribution in [0.25, 0.3) is 10.9 Å². The molecule has 2 aromatic carbocycles. The summed E-state index contributed by atoms with van der Waals surface area (Å²) in [7, 11) is 0. The summed E-state index contributed by atoms with van der Waals surface area (Å²) < 4.78 is 0. The van der Waals surface area contributed by atoms with E-state index < -0.39 is 0 Å². The molecule has 2 heterocycles. The van der Waals surface area contributed by atoms with Crippen molar-refractivity contribution in [3.63, 3.8) is 0 Å². The van der Waals surface area contributed by atoms with Gasteiger partial charge in [0.1, 0.15) is 5.69 Å². The summed E-state index contributed by atoms with van der Waals surface area (Å²) >= 11 is 0. The molecule has 0 aliphatic heterocycles. The average molecular weight is 369 g/mol. The normalized spacial score (nSPS) is 10.6. The van der Waals surface area contributed by atoms with Crippen molar-refractivity contribution in [2.24, 2.45) is 0 Å². The molecule has 6 heteroatoms. The number of hydrogen-bond acceptors (Lipinski definition) is 5. The average Bonchev–Trinajstić information content (AvgIpc) is 2.74. The van der Waals surface area contributed by atoms with E-state index in [9.17, 15) is 4.79 Å². The molecule has 0 saturated carbocycles. The minimum absolute atomic E-state index is 0.248. The second-order valence-electron chi connectivity index (χ2n) is 6.44. The fourth-order valence-electron chi connectivity index (χ4n) is 2.85. The molecule has 2 aromatic heterocycles. The number of fused-ring (bicyclic) bond motifs is 1. The molecule has 6 nitrogen and oxygen atoms in total. The SMILES string of the molecule is Cc1ccc(CNC(=O)c2ccnc(Nc3cccc4cccnc34)n2)cc1. The number of aryl methyl sites for hydroxylation is 1. The Morgan fingerprint density at radius 2 is 1.75 bits per heavy atom. The van der Waals surface area contributed by atoms with Crippen molar-refractivity contribution in [3.05, 3.63) is 89.9 Å². The first-order valence-electron chi connectivity index (χ1n) is 8.96. The van der Waals surface area contributed by atoms with Crippen LogP contribution in [0.5, 0.6) is 0 Å². The molecular formula is C22H19N5O. The van der Waals surface area contributed by atoms with Gasteiger partial charge in [0.05, 0.1) is 11.2 Å². The van der Waals surface area contributed by atoms with E-state index in [0.717, 1.165) is 22.2 Å². The maximum Gasteiger partial charge on any atom is 0.270 e. The van der Waals surface area contributed by atoms with Gasteiger partial charge in [0.15, 0.2) is 0 Å². The van der Waals surface area contributed by atoms with Crippen molar-refractivity contribution in [1.29, 1.82) is 0 Å². The molecule has 0 aliphatic carbocycles. The number of pyridine rings is 1. The van der Waals surface area contributed by atoms with Gasteiger partial charge >= 0.3 is 0 Å². The van der Waals surface area contributed by atoms with Crippen LogP contribution in [0.4, 0.5) is 11.6 Å². The Morgan fingerprint density at radius 3 is 2.61 bits per heavy atom. The minimum Gasteiger partial charge on any atom is -0.347 e. The molecule has 0 spiro atoms. The van der Waals surface area contributed by atoms with E-state index >= 15 is 0 Å². The predicted octanol–water partition coefficient (Wildman–Crippen LogP) is 4.01. The van der Waals surface area contributed by atoms with Gasteiger partial charge in [-0.3, -0.25) is 9.78 Å². The van der Waals surface area contributed by atoms with Crippen molar-refractivity contribution in [1.82, 2.24) is 20.3 Å². The molecule has 0 fully saturated rings. The maximum atomic E-state index is 12.5. The number of nitrogens with zero attached hydrogens (tertiary/aromatic N) is 3. The number of carbonyl (C=O) groups is 1. The van der Waals surface area contributed by atoms with Gasteiger partial charge in [-0.1, -0.05) is 48.0 Å². The molecule has 4 rings (SSSR count). The quantitative estimate of drug-likeness (QED) is 0.556. The van der Waals surface area contributed by atoms with Crippen LogP contribution in [0.3, 0.4) is 0 Å². The van der Waals surface area contributed by atoms with E-state index in [1.807, 2.05) is 61.5 Å². The number of amides is 1. The van der Waals surface area contributed by atoms with Gasteiger partial charge in [-0.2, -0.15) is 0 Å². The van der Waals surface area contributed by atoms with Crippen LogP contribution < -0.4 is 10.6 Å². The zero-order chi connectivity index (χ0) is 19.3. The fourth-order valence-corrected chi connectivity index (χ4v) is 2.85. The molecular weight excluding hydrogens is 350 g/mol. The molecule has 0 bridgehead atoms. The monoisotopic (exact) mass is 369 g/mol. The van der Waals surface area contributed by atoms with Gasteiger partial charge < -0.3 is 10.6 Å². The van der Waals surface area contributed by atoms with Crippen LogP contribution in [-0.2, 0) is 6.54 Å². The Hall–Kier alpha value is -3.80. The number of carbonyl (C=O) groups excluding carboxylic acids is 1. The molecule has 4 aromatic rings. The second-order valence-corrected chi connectivity index (χ2v) is 6.44. The van der Waals surface area contributed by atoms with Crippen LogP contribution in [0, 0.1) is 6.92 Å². The lowest BCUT2D eigenvalue weighted by molar-refractivity contribution is 0.0946. The molecule has 1 amide bonds. The van der Waals surface area contributed by atoms with E-state index in [2.05, 4.69) is 25.6 Å². The Morgan fingerprint density at radius 1 is 0.929 bits per heavy atom. The van der Waals surface area contributed by atoms with Crippen LogP contribution in [-0.4, -0.2) is 20.9 Å². The first-order valence-corrected chi connectivity index (χ1v) is 8.96. The van der Waals surface area contributed by atoms with Crippen molar-refractivity contribution < 1.29 is 4.79 Å². The Kier molecular flexibility index (Phi) is 4.93. The highest BCUT2D eigenvalue weighted by atomic mass is 16.1. The summed E-state index contributed by atoms with van der Waals surface area (Å²) in [4.78, 5) is 25.4.